The Bertz CT molecular complexity index is 1110. The van der Waals surface area contributed by atoms with Crippen LogP contribution in [0.15, 0.2) is 60.7 Å². The summed E-state index contributed by atoms with van der Waals surface area (Å²) in [5.41, 5.74) is 1.84. The lowest BCUT2D eigenvalue weighted by Crippen LogP contribution is -2.42. The molecule has 1 aromatic heterocycles. The number of piperidine rings is 1. The number of hydrogen-bond acceptors (Lipinski definition) is 5. The number of para-hydroxylation sites is 2. The van der Waals surface area contributed by atoms with Crippen molar-refractivity contribution in [3.05, 3.63) is 66.4 Å². The minimum atomic E-state index is -0.197. The molecule has 5 rings (SSSR count). The van der Waals surface area contributed by atoms with Crippen LogP contribution < -0.4 is 10.1 Å². The number of ether oxygens (including phenoxy) is 1. The predicted octanol–water partition coefficient (Wildman–Crippen LogP) is 5.60. The Kier molecular flexibility index (Phi) is 8.69. The Balaban J connectivity index is 0.000000771. The molecule has 1 saturated carbocycles. The Hall–Kier alpha value is -3.79. The highest BCUT2D eigenvalue weighted by Crippen LogP contribution is 2.37. The number of hydrogen-bond donors (Lipinski definition) is 2. The van der Waals surface area contributed by atoms with Crippen molar-refractivity contribution in [1.29, 1.82) is 5.26 Å². The molecule has 1 saturated heterocycles. The van der Waals surface area contributed by atoms with Gasteiger partial charge in [-0.25, -0.2) is 0 Å². The number of rotatable bonds is 5. The summed E-state index contributed by atoms with van der Waals surface area (Å²) in [6, 6.07) is 19.0. The highest BCUT2D eigenvalue weighted by atomic mass is 16.5. The molecule has 1 amide bonds. The third-order valence-electron chi connectivity index (χ3n) is 5.97. The van der Waals surface area contributed by atoms with Gasteiger partial charge in [-0.05, 0) is 49.1 Å². The van der Waals surface area contributed by atoms with Gasteiger partial charge >= 0.3 is 0 Å². The zero-order valence-electron chi connectivity index (χ0n) is 20.3. The number of amides is 1. The van der Waals surface area contributed by atoms with Crippen molar-refractivity contribution in [3.63, 3.8) is 0 Å². The molecule has 7 heteroatoms. The fourth-order valence-corrected chi connectivity index (χ4v) is 4.52. The molecule has 7 nitrogen and oxygen atoms in total. The van der Waals surface area contributed by atoms with E-state index >= 15 is 0 Å². The standard InChI is InChI=1S/C23H21N5O2.2C2H6/c24-14-28-13-15-10-11-20(28)22(15)25-23(29)19-12-18(26-27-19)17-8-4-5-9-21(17)30-16-6-2-1-3-7-16;2*1-2/h1-9,12,15,20,22H,10-11,13H2,(H,25,29)(H,26,27);2*1-2H3. The molecule has 178 valence electrons. The monoisotopic (exact) mass is 459 g/mol. The lowest BCUT2D eigenvalue weighted by Gasteiger charge is -2.21. The Labute approximate surface area is 201 Å². The van der Waals surface area contributed by atoms with E-state index in [1.165, 1.54) is 0 Å². The summed E-state index contributed by atoms with van der Waals surface area (Å²) in [5, 5.41) is 19.5. The predicted molar refractivity (Wildman–Crippen MR) is 133 cm³/mol. The molecule has 1 aliphatic carbocycles. The number of nitriles is 1. The molecule has 34 heavy (non-hydrogen) atoms. The third kappa shape index (κ3) is 5.23. The van der Waals surface area contributed by atoms with Crippen LogP contribution in [0.25, 0.3) is 11.3 Å². The Morgan fingerprint density at radius 3 is 2.50 bits per heavy atom. The van der Waals surface area contributed by atoms with Gasteiger partial charge in [0.2, 0.25) is 0 Å². The normalized spacial score (nSPS) is 19.7. The lowest BCUT2D eigenvalue weighted by molar-refractivity contribution is 0.0924. The zero-order chi connectivity index (χ0) is 24.5. The van der Waals surface area contributed by atoms with Crippen molar-refractivity contribution in [1.82, 2.24) is 20.4 Å². The first-order valence-corrected chi connectivity index (χ1v) is 12.1. The number of fused-ring (bicyclic) bond motifs is 2. The number of H-pyrrole nitrogens is 1. The van der Waals surface area contributed by atoms with Gasteiger partial charge in [-0.1, -0.05) is 58.0 Å². The number of carbonyl (C=O) groups is 1. The third-order valence-corrected chi connectivity index (χ3v) is 5.97. The fraction of sp³-hybridized carbons (Fsp3) is 0.370. The van der Waals surface area contributed by atoms with Crippen molar-refractivity contribution < 1.29 is 9.53 Å². The molecule has 2 aromatic carbocycles. The van der Waals surface area contributed by atoms with Crippen LogP contribution in [0, 0.1) is 17.4 Å². The van der Waals surface area contributed by atoms with Gasteiger partial charge in [0.25, 0.3) is 5.91 Å². The first-order chi connectivity index (χ1) is 16.7. The summed E-state index contributed by atoms with van der Waals surface area (Å²) in [6.07, 6.45) is 4.23. The quantitative estimate of drug-likeness (QED) is 0.485. The van der Waals surface area contributed by atoms with Gasteiger partial charge in [-0.15, -0.1) is 0 Å². The lowest BCUT2D eigenvalue weighted by atomic mass is 10.1. The molecule has 2 heterocycles. The van der Waals surface area contributed by atoms with Crippen LogP contribution in [0.4, 0.5) is 0 Å². The second kappa shape index (κ2) is 11.9. The summed E-state index contributed by atoms with van der Waals surface area (Å²) in [5.74, 6) is 1.54. The largest absolute Gasteiger partial charge is 0.457 e. The van der Waals surface area contributed by atoms with Crippen molar-refractivity contribution >= 4 is 5.91 Å². The number of nitrogens with one attached hydrogen (secondary N) is 2. The van der Waals surface area contributed by atoms with Gasteiger partial charge in [0.1, 0.15) is 17.2 Å². The molecule has 1 aliphatic heterocycles. The maximum absolute atomic E-state index is 12.8. The molecule has 0 radical (unpaired) electrons. The zero-order valence-corrected chi connectivity index (χ0v) is 20.3. The van der Waals surface area contributed by atoms with Crippen LogP contribution in [0.2, 0.25) is 0 Å². The number of benzene rings is 2. The molecular formula is C27H33N5O2. The highest BCUT2D eigenvalue weighted by molar-refractivity contribution is 5.94. The maximum Gasteiger partial charge on any atom is 0.269 e. The van der Waals surface area contributed by atoms with E-state index < -0.39 is 0 Å². The minimum absolute atomic E-state index is 0.0117. The van der Waals surface area contributed by atoms with Crippen LogP contribution >= 0.6 is 0 Å². The van der Waals surface area contributed by atoms with E-state index in [1.807, 2.05) is 82.3 Å². The summed E-state index contributed by atoms with van der Waals surface area (Å²) in [4.78, 5) is 14.6. The van der Waals surface area contributed by atoms with Gasteiger partial charge < -0.3 is 15.0 Å². The first-order valence-electron chi connectivity index (χ1n) is 12.1. The smallest absolute Gasteiger partial charge is 0.269 e. The van der Waals surface area contributed by atoms with E-state index in [9.17, 15) is 10.1 Å². The molecule has 2 bridgehead atoms. The molecule has 2 aliphatic rings. The van der Waals surface area contributed by atoms with Crippen LogP contribution in [-0.2, 0) is 0 Å². The molecule has 2 N–H and O–H groups in total. The first kappa shape index (κ1) is 24.8. The van der Waals surface area contributed by atoms with Crippen LogP contribution in [0.1, 0.15) is 51.0 Å². The fourth-order valence-electron chi connectivity index (χ4n) is 4.52. The van der Waals surface area contributed by atoms with Gasteiger partial charge in [-0.3, -0.25) is 9.89 Å². The van der Waals surface area contributed by atoms with Crippen LogP contribution in [0.5, 0.6) is 11.5 Å². The average molecular weight is 460 g/mol. The second-order valence-corrected chi connectivity index (χ2v) is 7.73. The molecule has 3 aromatic rings. The maximum atomic E-state index is 12.8. The number of nitrogens with zero attached hydrogens (tertiary/aromatic N) is 3. The van der Waals surface area contributed by atoms with Crippen molar-refractivity contribution in [2.45, 2.75) is 52.6 Å². The summed E-state index contributed by atoms with van der Waals surface area (Å²) >= 11 is 0. The molecule has 3 atom stereocenters. The SMILES string of the molecule is CC.CC.N#CN1CC2CCC1C2NC(=O)c1cc(-c2ccccc2Oc2ccccc2)n[nH]1. The molecule has 3 unspecified atom stereocenters. The van der Waals surface area contributed by atoms with Gasteiger partial charge in [0.15, 0.2) is 6.19 Å². The number of aromatic amines is 1. The minimum Gasteiger partial charge on any atom is -0.457 e. The van der Waals surface area contributed by atoms with Crippen molar-refractivity contribution in [3.8, 4) is 28.9 Å². The average Bonchev–Trinajstić information content (AvgIpc) is 3.63. The van der Waals surface area contributed by atoms with E-state index in [0.29, 0.717) is 23.1 Å². The topological polar surface area (TPSA) is 94.0 Å². The van der Waals surface area contributed by atoms with Gasteiger partial charge in [-0.2, -0.15) is 10.4 Å². The van der Waals surface area contributed by atoms with Gasteiger partial charge in [0.05, 0.1) is 17.8 Å². The summed E-state index contributed by atoms with van der Waals surface area (Å²) < 4.78 is 6.01. The van der Waals surface area contributed by atoms with Crippen LogP contribution in [0.3, 0.4) is 0 Å². The van der Waals surface area contributed by atoms with E-state index in [0.717, 1.165) is 30.7 Å². The summed E-state index contributed by atoms with van der Waals surface area (Å²) in [7, 11) is 0. The number of carbonyl (C=O) groups excluding carboxylic acids is 1. The van der Waals surface area contributed by atoms with Crippen molar-refractivity contribution in [2.24, 2.45) is 5.92 Å². The Morgan fingerprint density at radius 1 is 1.09 bits per heavy atom. The Morgan fingerprint density at radius 2 is 1.79 bits per heavy atom. The van der Waals surface area contributed by atoms with E-state index in [2.05, 4.69) is 21.7 Å². The number of likely N-dealkylation sites (tertiary alicyclic amines) is 1. The van der Waals surface area contributed by atoms with E-state index in [4.69, 9.17) is 4.74 Å². The van der Waals surface area contributed by atoms with E-state index in [-0.39, 0.29) is 18.0 Å². The van der Waals surface area contributed by atoms with Crippen molar-refractivity contribution in [2.75, 3.05) is 6.54 Å². The molecule has 2 fully saturated rings. The number of aromatic nitrogens is 2. The summed E-state index contributed by atoms with van der Waals surface area (Å²) in [6.45, 7) is 8.73. The highest BCUT2D eigenvalue weighted by Gasteiger charge is 2.47. The van der Waals surface area contributed by atoms with E-state index in [1.54, 1.807) is 11.0 Å². The molecular weight excluding hydrogens is 426 g/mol. The van der Waals surface area contributed by atoms with Crippen LogP contribution in [-0.4, -0.2) is 39.6 Å². The second-order valence-electron chi connectivity index (χ2n) is 7.73. The molecule has 0 spiro atoms. The van der Waals surface area contributed by atoms with Gasteiger partial charge in [0, 0.05) is 12.1 Å².